The molecule has 0 aromatic heterocycles. The first-order valence-corrected chi connectivity index (χ1v) is 15.1. The normalized spacial score (nSPS) is 19.1. The van der Waals surface area contributed by atoms with Crippen LogP contribution in [0.15, 0.2) is 126 Å². The van der Waals surface area contributed by atoms with Crippen molar-refractivity contribution in [2.75, 3.05) is 0 Å². The molecule has 3 aliphatic carbocycles. The molecule has 0 fully saturated rings. The second-order valence-corrected chi connectivity index (χ2v) is 13.2. The Morgan fingerprint density at radius 1 is 0.643 bits per heavy atom. The molecule has 1 unspecified atom stereocenters. The Hall–Kier alpha value is -4.49. The molecule has 42 heavy (non-hydrogen) atoms. The van der Waals surface area contributed by atoms with E-state index in [0.29, 0.717) is 5.92 Å². The monoisotopic (exact) mass is 542 g/mol. The van der Waals surface area contributed by atoms with Crippen LogP contribution in [0.2, 0.25) is 0 Å². The van der Waals surface area contributed by atoms with Crippen molar-refractivity contribution in [3.05, 3.63) is 160 Å². The molecule has 5 aromatic rings. The van der Waals surface area contributed by atoms with Gasteiger partial charge in [0, 0.05) is 27.9 Å². The van der Waals surface area contributed by atoms with Crippen LogP contribution in [0.5, 0.6) is 0 Å². The van der Waals surface area contributed by atoms with E-state index in [4.69, 9.17) is 0 Å². The molecule has 0 saturated heterocycles. The van der Waals surface area contributed by atoms with Gasteiger partial charge in [0.05, 0.1) is 0 Å². The lowest BCUT2D eigenvalue weighted by atomic mass is 9.58. The molecular formula is C41H34O. The quantitative estimate of drug-likeness (QED) is 0.207. The molecule has 0 N–H and O–H groups in total. The van der Waals surface area contributed by atoms with E-state index in [1.165, 1.54) is 49.7 Å². The molecular weight excluding hydrogens is 508 g/mol. The minimum Gasteiger partial charge on any atom is -0.289 e. The van der Waals surface area contributed by atoms with Crippen LogP contribution in [-0.4, -0.2) is 5.78 Å². The fraction of sp³-hybridized carbons (Fsp3) is 0.195. The standard InChI is InChI=1S/C41H34O/c1-40(2)34-15-9-8-13-29(34)32-23-24-33-31-22-21-28(25-17-19-27(20-18-25)39(42)26-11-6-5-7-12-26)30-14-10-16-35(36(30)31)41(3,4)38(33)37(32)40/h5-23,33H,24H2,1-4H3. The van der Waals surface area contributed by atoms with E-state index in [1.807, 2.05) is 42.5 Å². The van der Waals surface area contributed by atoms with E-state index in [9.17, 15) is 4.79 Å². The summed E-state index contributed by atoms with van der Waals surface area (Å²) in [6.07, 6.45) is 3.55. The second-order valence-electron chi connectivity index (χ2n) is 13.2. The Labute approximate surface area is 248 Å². The fourth-order valence-corrected chi connectivity index (χ4v) is 8.32. The zero-order valence-corrected chi connectivity index (χ0v) is 24.7. The van der Waals surface area contributed by atoms with Gasteiger partial charge < -0.3 is 0 Å². The highest BCUT2D eigenvalue weighted by atomic mass is 16.1. The van der Waals surface area contributed by atoms with Crippen LogP contribution in [0.1, 0.15) is 78.2 Å². The topological polar surface area (TPSA) is 17.1 Å². The zero-order valence-electron chi connectivity index (χ0n) is 24.7. The van der Waals surface area contributed by atoms with Crippen molar-refractivity contribution in [1.82, 2.24) is 0 Å². The van der Waals surface area contributed by atoms with E-state index in [2.05, 4.69) is 101 Å². The van der Waals surface area contributed by atoms with Crippen molar-refractivity contribution in [3.63, 3.8) is 0 Å². The van der Waals surface area contributed by atoms with Gasteiger partial charge in [-0.15, -0.1) is 0 Å². The minimum absolute atomic E-state index is 0.0298. The summed E-state index contributed by atoms with van der Waals surface area (Å²) in [5, 5.41) is 2.71. The number of rotatable bonds is 3. The first-order chi connectivity index (χ1) is 20.3. The van der Waals surface area contributed by atoms with Crippen molar-refractivity contribution in [1.29, 1.82) is 0 Å². The summed E-state index contributed by atoms with van der Waals surface area (Å²) in [6.45, 7) is 9.72. The Bertz CT molecular complexity index is 2000. The average Bonchev–Trinajstić information content (AvgIpc) is 3.26. The summed E-state index contributed by atoms with van der Waals surface area (Å²) in [5.74, 6) is 0.424. The number of benzene rings is 5. The van der Waals surface area contributed by atoms with Gasteiger partial charge in [0.15, 0.2) is 5.78 Å². The molecule has 3 aliphatic rings. The highest BCUT2D eigenvalue weighted by molar-refractivity contribution is 6.09. The third-order valence-electron chi connectivity index (χ3n) is 10.2. The summed E-state index contributed by atoms with van der Waals surface area (Å²) in [4.78, 5) is 13.0. The molecule has 0 spiro atoms. The smallest absolute Gasteiger partial charge is 0.193 e. The van der Waals surface area contributed by atoms with E-state index < -0.39 is 0 Å². The average molecular weight is 543 g/mol. The lowest BCUT2D eigenvalue weighted by Gasteiger charge is -2.45. The van der Waals surface area contributed by atoms with Crippen molar-refractivity contribution in [2.45, 2.75) is 50.9 Å². The van der Waals surface area contributed by atoms with Crippen LogP contribution in [0.4, 0.5) is 0 Å². The molecule has 0 bridgehead atoms. The van der Waals surface area contributed by atoms with Crippen LogP contribution in [0, 0.1) is 0 Å². The maximum atomic E-state index is 13.0. The van der Waals surface area contributed by atoms with Gasteiger partial charge in [0.1, 0.15) is 0 Å². The minimum atomic E-state index is -0.101. The molecule has 5 aromatic carbocycles. The molecule has 1 heteroatoms. The van der Waals surface area contributed by atoms with Crippen molar-refractivity contribution in [3.8, 4) is 11.1 Å². The third kappa shape index (κ3) is 3.34. The van der Waals surface area contributed by atoms with Crippen LogP contribution >= 0.6 is 0 Å². The molecule has 204 valence electrons. The number of ketones is 1. The third-order valence-corrected chi connectivity index (χ3v) is 10.2. The molecule has 1 atom stereocenters. The predicted octanol–water partition coefficient (Wildman–Crippen LogP) is 10.2. The van der Waals surface area contributed by atoms with Crippen LogP contribution in [0.25, 0.3) is 27.5 Å². The van der Waals surface area contributed by atoms with E-state index in [-0.39, 0.29) is 16.6 Å². The van der Waals surface area contributed by atoms with Gasteiger partial charge >= 0.3 is 0 Å². The number of fused-ring (bicyclic) bond motifs is 5. The number of allylic oxidation sites excluding steroid dienone is 4. The maximum Gasteiger partial charge on any atom is 0.193 e. The Kier molecular flexibility index (Phi) is 5.26. The van der Waals surface area contributed by atoms with Gasteiger partial charge in [-0.3, -0.25) is 4.79 Å². The Morgan fingerprint density at radius 3 is 2.12 bits per heavy atom. The number of carbonyl (C=O) groups is 1. The Morgan fingerprint density at radius 2 is 1.33 bits per heavy atom. The van der Waals surface area contributed by atoms with E-state index in [0.717, 1.165) is 23.1 Å². The first kappa shape index (κ1) is 25.2. The number of hydrogen-bond acceptors (Lipinski definition) is 1. The molecule has 0 aliphatic heterocycles. The van der Waals surface area contributed by atoms with Crippen molar-refractivity contribution < 1.29 is 4.79 Å². The van der Waals surface area contributed by atoms with Gasteiger partial charge in [-0.25, -0.2) is 0 Å². The predicted molar refractivity (Wildman–Crippen MR) is 174 cm³/mol. The van der Waals surface area contributed by atoms with Crippen LogP contribution in [0.3, 0.4) is 0 Å². The summed E-state index contributed by atoms with van der Waals surface area (Å²) in [6, 6.07) is 38.3. The van der Waals surface area contributed by atoms with E-state index in [1.54, 1.807) is 5.57 Å². The lowest BCUT2D eigenvalue weighted by molar-refractivity contribution is 0.103. The van der Waals surface area contributed by atoms with Gasteiger partial charge in [0.25, 0.3) is 0 Å². The second kappa shape index (κ2) is 8.76. The summed E-state index contributed by atoms with van der Waals surface area (Å²) < 4.78 is 0. The summed E-state index contributed by atoms with van der Waals surface area (Å²) in [7, 11) is 0. The highest BCUT2D eigenvalue weighted by Crippen LogP contribution is 2.62. The van der Waals surface area contributed by atoms with Crippen LogP contribution < -0.4 is 0 Å². The lowest BCUT2D eigenvalue weighted by Crippen LogP contribution is -2.34. The summed E-state index contributed by atoms with van der Waals surface area (Å²) in [5.41, 5.74) is 14.0. The van der Waals surface area contributed by atoms with Gasteiger partial charge in [-0.2, -0.15) is 0 Å². The van der Waals surface area contributed by atoms with Gasteiger partial charge in [0.2, 0.25) is 0 Å². The molecule has 8 rings (SSSR count). The van der Waals surface area contributed by atoms with E-state index >= 15 is 0 Å². The molecule has 1 nitrogen and oxygen atoms in total. The largest absolute Gasteiger partial charge is 0.289 e. The highest BCUT2D eigenvalue weighted by Gasteiger charge is 2.49. The Balaban J connectivity index is 1.28. The molecule has 0 radical (unpaired) electrons. The SMILES string of the molecule is CC1(C)C2=C3C(CC=C2c2ccccc21)c1ccc(-c2ccc(C(=O)c4ccccc4)cc2)c2cccc(c12)C3(C)C. The van der Waals surface area contributed by atoms with Gasteiger partial charge in [-0.1, -0.05) is 143 Å². The first-order valence-electron chi connectivity index (χ1n) is 15.1. The van der Waals surface area contributed by atoms with Crippen molar-refractivity contribution in [2.24, 2.45) is 0 Å². The van der Waals surface area contributed by atoms with Crippen LogP contribution in [-0.2, 0) is 10.8 Å². The van der Waals surface area contributed by atoms with Crippen molar-refractivity contribution >= 4 is 22.1 Å². The molecule has 0 amide bonds. The maximum absolute atomic E-state index is 13.0. The molecule has 0 heterocycles. The summed E-state index contributed by atoms with van der Waals surface area (Å²) >= 11 is 0. The number of carbonyl (C=O) groups excluding carboxylic acids is 1. The number of hydrogen-bond donors (Lipinski definition) is 0. The van der Waals surface area contributed by atoms with Gasteiger partial charge in [-0.05, 0) is 67.3 Å². The zero-order chi connectivity index (χ0) is 28.8. The molecule has 0 saturated carbocycles. The fourth-order valence-electron chi connectivity index (χ4n) is 8.32.